The van der Waals surface area contributed by atoms with E-state index in [0.29, 0.717) is 12.0 Å². The Morgan fingerprint density at radius 1 is 1.53 bits per heavy atom. The zero-order valence-corrected chi connectivity index (χ0v) is 11.8. The van der Waals surface area contributed by atoms with E-state index in [1.807, 2.05) is 11.3 Å². The zero-order chi connectivity index (χ0) is 12.3. The van der Waals surface area contributed by atoms with Gasteiger partial charge in [-0.1, -0.05) is 6.92 Å². The lowest BCUT2D eigenvalue weighted by Gasteiger charge is -2.30. The van der Waals surface area contributed by atoms with E-state index < -0.39 is 0 Å². The highest BCUT2D eigenvalue weighted by molar-refractivity contribution is 7.11. The van der Waals surface area contributed by atoms with E-state index in [0.717, 1.165) is 24.8 Å². The molecule has 0 aliphatic carbocycles. The summed E-state index contributed by atoms with van der Waals surface area (Å²) < 4.78 is 5.62. The minimum atomic E-state index is 0.423. The molecule has 3 nitrogen and oxygen atoms in total. The number of nitrogens with zero attached hydrogens (tertiary/aromatic N) is 1. The van der Waals surface area contributed by atoms with Crippen molar-refractivity contribution in [3.63, 3.8) is 0 Å². The second-order valence-corrected chi connectivity index (χ2v) is 5.93. The van der Waals surface area contributed by atoms with Crippen molar-refractivity contribution < 1.29 is 4.74 Å². The molecule has 1 fully saturated rings. The van der Waals surface area contributed by atoms with Crippen LogP contribution in [0.2, 0.25) is 0 Å². The summed E-state index contributed by atoms with van der Waals surface area (Å²) in [6, 6.07) is 0.423. The molecule has 2 rings (SSSR count). The lowest BCUT2D eigenvalue weighted by atomic mass is 9.92. The number of hydrogen-bond acceptors (Lipinski definition) is 4. The summed E-state index contributed by atoms with van der Waals surface area (Å²) in [6.45, 7) is 9.18. The van der Waals surface area contributed by atoms with Crippen LogP contribution in [0.5, 0.6) is 0 Å². The van der Waals surface area contributed by atoms with Gasteiger partial charge in [0, 0.05) is 23.4 Å². The number of nitrogens with one attached hydrogen (secondary N) is 1. The molecule has 0 amide bonds. The van der Waals surface area contributed by atoms with E-state index in [1.165, 1.54) is 23.4 Å². The van der Waals surface area contributed by atoms with Crippen LogP contribution >= 0.6 is 11.3 Å². The summed E-state index contributed by atoms with van der Waals surface area (Å²) in [5.74, 6) is 0.599. The van der Waals surface area contributed by atoms with Gasteiger partial charge < -0.3 is 10.1 Å². The quantitative estimate of drug-likeness (QED) is 0.897. The number of hydrogen-bond donors (Lipinski definition) is 1. The van der Waals surface area contributed by atoms with Gasteiger partial charge in [0.15, 0.2) is 0 Å². The largest absolute Gasteiger partial charge is 0.381 e. The Morgan fingerprint density at radius 3 is 2.88 bits per heavy atom. The van der Waals surface area contributed by atoms with Gasteiger partial charge in [-0.25, -0.2) is 4.98 Å². The number of ether oxygens (including phenoxy) is 1. The first-order valence-electron chi connectivity index (χ1n) is 6.47. The molecule has 96 valence electrons. The topological polar surface area (TPSA) is 34.2 Å². The van der Waals surface area contributed by atoms with Crippen LogP contribution in [-0.4, -0.2) is 24.7 Å². The van der Waals surface area contributed by atoms with E-state index in [9.17, 15) is 0 Å². The Hall–Kier alpha value is -0.450. The third-order valence-electron chi connectivity index (χ3n) is 3.31. The molecule has 1 aromatic heterocycles. The van der Waals surface area contributed by atoms with Crippen molar-refractivity contribution in [3.05, 3.63) is 15.6 Å². The van der Waals surface area contributed by atoms with E-state index in [2.05, 4.69) is 31.1 Å². The fourth-order valence-electron chi connectivity index (χ4n) is 2.56. The van der Waals surface area contributed by atoms with Crippen LogP contribution in [0, 0.1) is 19.8 Å². The van der Waals surface area contributed by atoms with E-state index in [1.54, 1.807) is 0 Å². The molecule has 0 spiro atoms. The first kappa shape index (κ1) is 13.0. The maximum atomic E-state index is 5.62. The standard InChI is InChI=1S/C13H22N2OS/c1-4-14-12(11-6-5-7-16-8-11)13-9(2)15-10(3)17-13/h11-12,14H,4-8H2,1-3H3. The van der Waals surface area contributed by atoms with Crippen molar-refractivity contribution >= 4 is 11.3 Å². The molecule has 1 aliphatic heterocycles. The van der Waals surface area contributed by atoms with E-state index in [4.69, 9.17) is 4.74 Å². The third kappa shape index (κ3) is 3.06. The number of aromatic nitrogens is 1. The molecule has 1 saturated heterocycles. The van der Waals surface area contributed by atoms with Gasteiger partial charge in [-0.15, -0.1) is 11.3 Å². The fraction of sp³-hybridized carbons (Fsp3) is 0.769. The van der Waals surface area contributed by atoms with Crippen LogP contribution in [0.3, 0.4) is 0 Å². The maximum Gasteiger partial charge on any atom is 0.0900 e. The second kappa shape index (κ2) is 5.94. The lowest BCUT2D eigenvalue weighted by Crippen LogP contribution is -2.33. The molecule has 0 aromatic carbocycles. The van der Waals surface area contributed by atoms with Gasteiger partial charge in [-0.2, -0.15) is 0 Å². The highest BCUT2D eigenvalue weighted by Gasteiger charge is 2.27. The molecule has 2 heterocycles. The molecule has 2 unspecified atom stereocenters. The molecule has 0 saturated carbocycles. The lowest BCUT2D eigenvalue weighted by molar-refractivity contribution is 0.0397. The van der Waals surface area contributed by atoms with Gasteiger partial charge in [-0.05, 0) is 33.2 Å². The first-order chi connectivity index (χ1) is 8.22. The van der Waals surface area contributed by atoms with Gasteiger partial charge in [0.25, 0.3) is 0 Å². The molecular weight excluding hydrogens is 232 g/mol. The van der Waals surface area contributed by atoms with Crippen LogP contribution in [0.25, 0.3) is 0 Å². The predicted molar refractivity (Wildman–Crippen MR) is 71.5 cm³/mol. The molecule has 0 bridgehead atoms. The highest BCUT2D eigenvalue weighted by Crippen LogP contribution is 2.33. The average molecular weight is 254 g/mol. The van der Waals surface area contributed by atoms with Crippen molar-refractivity contribution in [2.24, 2.45) is 5.92 Å². The number of rotatable bonds is 4. The molecule has 1 N–H and O–H groups in total. The molecular formula is C13H22N2OS. The van der Waals surface area contributed by atoms with Gasteiger partial charge in [-0.3, -0.25) is 0 Å². The van der Waals surface area contributed by atoms with E-state index in [-0.39, 0.29) is 0 Å². The van der Waals surface area contributed by atoms with Crippen molar-refractivity contribution in [2.45, 2.75) is 39.7 Å². The Balaban J connectivity index is 2.18. The minimum absolute atomic E-state index is 0.423. The summed E-state index contributed by atoms with van der Waals surface area (Å²) in [7, 11) is 0. The van der Waals surface area contributed by atoms with Crippen molar-refractivity contribution in [2.75, 3.05) is 19.8 Å². The van der Waals surface area contributed by atoms with Crippen molar-refractivity contribution in [1.82, 2.24) is 10.3 Å². The van der Waals surface area contributed by atoms with Gasteiger partial charge in [0.2, 0.25) is 0 Å². The Morgan fingerprint density at radius 2 is 2.35 bits per heavy atom. The number of aryl methyl sites for hydroxylation is 2. The molecule has 1 aromatic rings. The minimum Gasteiger partial charge on any atom is -0.381 e. The van der Waals surface area contributed by atoms with Crippen LogP contribution in [0.15, 0.2) is 0 Å². The normalized spacial score (nSPS) is 22.6. The predicted octanol–water partition coefficient (Wildman–Crippen LogP) is 2.84. The van der Waals surface area contributed by atoms with Crippen LogP contribution in [-0.2, 0) is 4.74 Å². The van der Waals surface area contributed by atoms with E-state index >= 15 is 0 Å². The van der Waals surface area contributed by atoms with Gasteiger partial charge in [0.05, 0.1) is 17.3 Å². The van der Waals surface area contributed by atoms with Crippen molar-refractivity contribution in [3.8, 4) is 0 Å². The Bertz CT molecular complexity index is 358. The fourth-order valence-corrected chi connectivity index (χ4v) is 3.65. The average Bonchev–Trinajstić information content (AvgIpc) is 2.66. The maximum absolute atomic E-state index is 5.62. The SMILES string of the molecule is CCNC(c1sc(C)nc1C)C1CCCOC1. The molecule has 2 atom stereocenters. The Kier molecular flexibility index (Phi) is 4.54. The monoisotopic (exact) mass is 254 g/mol. The Labute approximate surface area is 108 Å². The van der Waals surface area contributed by atoms with Gasteiger partial charge in [0.1, 0.15) is 0 Å². The summed E-state index contributed by atoms with van der Waals surface area (Å²) in [5.41, 5.74) is 1.18. The van der Waals surface area contributed by atoms with Crippen LogP contribution < -0.4 is 5.32 Å². The molecule has 1 aliphatic rings. The summed E-state index contributed by atoms with van der Waals surface area (Å²) in [4.78, 5) is 5.95. The van der Waals surface area contributed by atoms with Gasteiger partial charge >= 0.3 is 0 Å². The summed E-state index contributed by atoms with van der Waals surface area (Å²) in [5, 5.41) is 4.78. The number of thiazole rings is 1. The highest BCUT2D eigenvalue weighted by atomic mass is 32.1. The summed E-state index contributed by atoms with van der Waals surface area (Å²) in [6.07, 6.45) is 2.44. The smallest absolute Gasteiger partial charge is 0.0900 e. The van der Waals surface area contributed by atoms with Crippen molar-refractivity contribution in [1.29, 1.82) is 0 Å². The summed E-state index contributed by atoms with van der Waals surface area (Å²) >= 11 is 1.83. The molecule has 4 heteroatoms. The van der Waals surface area contributed by atoms with Crippen LogP contribution in [0.1, 0.15) is 41.4 Å². The second-order valence-electron chi connectivity index (χ2n) is 4.70. The first-order valence-corrected chi connectivity index (χ1v) is 7.29. The third-order valence-corrected chi connectivity index (χ3v) is 4.47. The molecule has 0 radical (unpaired) electrons. The molecule has 17 heavy (non-hydrogen) atoms. The van der Waals surface area contributed by atoms with Crippen LogP contribution in [0.4, 0.5) is 0 Å². The zero-order valence-electron chi connectivity index (χ0n) is 11.0.